The minimum Gasteiger partial charge on any atom is -0.454 e. The highest BCUT2D eigenvalue weighted by Gasteiger charge is 2.33. The SMILES string of the molecule is CC(C)CN(C[C@@H](O)[C@H](Cc1ccccc1)NC(=O)CNS(=O)(=O)C[C@H]1CCOC1)S(=O)(=O)c1ccc2c(c1)OCO2. The van der Waals surface area contributed by atoms with Gasteiger partial charge in [-0.25, -0.2) is 21.6 Å². The number of fused-ring (bicyclic) bond motifs is 1. The summed E-state index contributed by atoms with van der Waals surface area (Å²) in [5, 5.41) is 14.1. The van der Waals surface area contributed by atoms with Crippen LogP contribution in [0.3, 0.4) is 0 Å². The molecule has 0 aromatic heterocycles. The Morgan fingerprint density at radius 1 is 1.05 bits per heavy atom. The van der Waals surface area contributed by atoms with Crippen molar-refractivity contribution in [2.24, 2.45) is 11.8 Å². The van der Waals surface area contributed by atoms with Gasteiger partial charge in [-0.2, -0.15) is 4.31 Å². The standard InChI is InChI=1S/C28H39N3O9S2/c1-20(2)15-31(42(36,37)23-8-9-26-27(13-23)40-19-39-26)16-25(32)24(12-21-6-4-3-5-7-21)30-28(33)14-29-41(34,35)18-22-10-11-38-17-22/h3-9,13,20,22,24-25,29,32H,10-12,14-19H2,1-2H3,(H,30,33)/t22-,24-,25+/m0/s1. The van der Waals surface area contributed by atoms with Gasteiger partial charge in [0.2, 0.25) is 32.7 Å². The second kappa shape index (κ2) is 14.1. The van der Waals surface area contributed by atoms with Gasteiger partial charge in [-0.05, 0) is 42.4 Å². The van der Waals surface area contributed by atoms with E-state index in [0.29, 0.717) is 31.1 Å². The highest BCUT2D eigenvalue weighted by atomic mass is 32.2. The van der Waals surface area contributed by atoms with Gasteiger partial charge < -0.3 is 24.6 Å². The summed E-state index contributed by atoms with van der Waals surface area (Å²) in [5.41, 5.74) is 0.803. The molecule has 42 heavy (non-hydrogen) atoms. The third kappa shape index (κ3) is 8.88. The van der Waals surface area contributed by atoms with Gasteiger partial charge in [-0.3, -0.25) is 4.79 Å². The van der Waals surface area contributed by atoms with Crippen LogP contribution in [0.15, 0.2) is 53.4 Å². The number of aliphatic hydroxyl groups excluding tert-OH is 1. The molecule has 14 heteroatoms. The first-order valence-electron chi connectivity index (χ1n) is 13.9. The minimum atomic E-state index is -4.07. The molecule has 1 amide bonds. The zero-order chi connectivity index (χ0) is 30.3. The summed E-state index contributed by atoms with van der Waals surface area (Å²) >= 11 is 0. The predicted molar refractivity (Wildman–Crippen MR) is 155 cm³/mol. The fourth-order valence-corrected chi connectivity index (χ4v) is 7.86. The minimum absolute atomic E-state index is 0.000719. The van der Waals surface area contributed by atoms with Crippen LogP contribution in [0.1, 0.15) is 25.8 Å². The zero-order valence-electron chi connectivity index (χ0n) is 23.8. The quantitative estimate of drug-likeness (QED) is 0.263. The number of aliphatic hydroxyl groups is 1. The maximum atomic E-state index is 13.7. The molecule has 0 aliphatic carbocycles. The summed E-state index contributed by atoms with van der Waals surface area (Å²) in [6, 6.07) is 12.6. The van der Waals surface area contributed by atoms with Crippen molar-refractivity contribution in [2.45, 2.75) is 43.7 Å². The van der Waals surface area contributed by atoms with Crippen LogP contribution in [-0.4, -0.2) is 89.7 Å². The number of sulfonamides is 2. The van der Waals surface area contributed by atoms with Gasteiger partial charge in [0.25, 0.3) is 0 Å². The molecule has 3 N–H and O–H groups in total. The summed E-state index contributed by atoms with van der Waals surface area (Å²) in [7, 11) is -7.79. The summed E-state index contributed by atoms with van der Waals surface area (Å²) in [4.78, 5) is 12.9. The van der Waals surface area contributed by atoms with Crippen molar-refractivity contribution in [1.82, 2.24) is 14.3 Å². The molecule has 232 valence electrons. The van der Waals surface area contributed by atoms with E-state index in [1.807, 2.05) is 44.2 Å². The Kier molecular flexibility index (Phi) is 10.8. The predicted octanol–water partition coefficient (Wildman–Crippen LogP) is 1.11. The molecular formula is C28H39N3O9S2. The van der Waals surface area contributed by atoms with Crippen LogP contribution in [0, 0.1) is 11.8 Å². The van der Waals surface area contributed by atoms with Crippen molar-refractivity contribution in [2.75, 3.05) is 45.4 Å². The summed E-state index contributed by atoms with van der Waals surface area (Å²) < 4.78 is 71.8. The van der Waals surface area contributed by atoms with Gasteiger partial charge in [0.1, 0.15) is 0 Å². The Hall–Kier alpha value is -2.75. The number of hydrogen-bond donors (Lipinski definition) is 3. The fourth-order valence-electron chi connectivity index (χ4n) is 4.87. The van der Waals surface area contributed by atoms with Crippen molar-refractivity contribution in [1.29, 1.82) is 0 Å². The molecule has 1 saturated heterocycles. The Bertz CT molecular complexity index is 1410. The highest BCUT2D eigenvalue weighted by Crippen LogP contribution is 2.35. The van der Waals surface area contributed by atoms with Gasteiger partial charge >= 0.3 is 0 Å². The highest BCUT2D eigenvalue weighted by molar-refractivity contribution is 7.89. The molecule has 2 aromatic carbocycles. The van der Waals surface area contributed by atoms with Crippen LogP contribution >= 0.6 is 0 Å². The second-order valence-electron chi connectivity index (χ2n) is 11.0. The summed E-state index contributed by atoms with van der Waals surface area (Å²) in [6.45, 7) is 3.89. The van der Waals surface area contributed by atoms with E-state index in [9.17, 15) is 26.7 Å². The summed E-state index contributed by atoms with van der Waals surface area (Å²) in [5.74, 6) is -0.214. The molecule has 0 unspecified atom stereocenters. The van der Waals surface area contributed by atoms with Gasteiger partial charge in [0.05, 0.1) is 35.9 Å². The Balaban J connectivity index is 1.48. The van der Waals surface area contributed by atoms with Crippen LogP contribution in [0.4, 0.5) is 0 Å². The van der Waals surface area contributed by atoms with Crippen molar-refractivity contribution >= 4 is 26.0 Å². The van der Waals surface area contributed by atoms with Crippen LogP contribution in [0.2, 0.25) is 0 Å². The van der Waals surface area contributed by atoms with E-state index in [2.05, 4.69) is 10.0 Å². The molecule has 0 radical (unpaired) electrons. The van der Waals surface area contributed by atoms with E-state index >= 15 is 0 Å². The van der Waals surface area contributed by atoms with E-state index in [1.165, 1.54) is 22.5 Å². The van der Waals surface area contributed by atoms with Crippen molar-refractivity contribution in [3.63, 3.8) is 0 Å². The molecular weight excluding hydrogens is 586 g/mol. The fraction of sp³-hybridized carbons (Fsp3) is 0.536. The Morgan fingerprint density at radius 2 is 1.79 bits per heavy atom. The number of rotatable bonds is 15. The maximum absolute atomic E-state index is 13.7. The van der Waals surface area contributed by atoms with Gasteiger partial charge in [-0.15, -0.1) is 0 Å². The number of carbonyl (C=O) groups excluding carboxylic acids is 1. The molecule has 4 rings (SSSR count). The first kappa shape index (κ1) is 32.2. The normalized spacial score (nSPS) is 18.4. The monoisotopic (exact) mass is 625 g/mol. The molecule has 2 aliphatic rings. The first-order valence-corrected chi connectivity index (χ1v) is 17.0. The number of carbonyl (C=O) groups is 1. The molecule has 0 spiro atoms. The maximum Gasteiger partial charge on any atom is 0.243 e. The van der Waals surface area contributed by atoms with E-state index in [4.69, 9.17) is 14.2 Å². The van der Waals surface area contributed by atoms with Crippen LogP contribution < -0.4 is 19.5 Å². The van der Waals surface area contributed by atoms with Crippen molar-refractivity contribution in [3.8, 4) is 11.5 Å². The van der Waals surface area contributed by atoms with Crippen LogP contribution in [0.5, 0.6) is 11.5 Å². The molecule has 0 saturated carbocycles. The number of nitrogens with zero attached hydrogens (tertiary/aromatic N) is 1. The van der Waals surface area contributed by atoms with E-state index < -0.39 is 44.6 Å². The van der Waals surface area contributed by atoms with E-state index in [1.54, 1.807) is 0 Å². The molecule has 0 bridgehead atoms. The molecule has 1 fully saturated rings. The third-order valence-corrected chi connectivity index (χ3v) is 10.3. The van der Waals surface area contributed by atoms with E-state index in [0.717, 1.165) is 5.56 Å². The Labute approximate surface area is 247 Å². The smallest absolute Gasteiger partial charge is 0.243 e. The lowest BCUT2D eigenvalue weighted by atomic mass is 10.0. The molecule has 12 nitrogen and oxygen atoms in total. The van der Waals surface area contributed by atoms with Crippen LogP contribution in [-0.2, 0) is 36.0 Å². The first-order chi connectivity index (χ1) is 19.9. The van der Waals surface area contributed by atoms with Crippen molar-refractivity contribution < 1.29 is 40.9 Å². The van der Waals surface area contributed by atoms with E-state index in [-0.39, 0.29) is 48.8 Å². The average molecular weight is 626 g/mol. The molecule has 2 aromatic rings. The number of nitrogens with one attached hydrogen (secondary N) is 2. The topological polar surface area (TPSA) is 161 Å². The zero-order valence-corrected chi connectivity index (χ0v) is 25.4. The molecule has 2 aliphatic heterocycles. The number of hydrogen-bond acceptors (Lipinski definition) is 9. The van der Waals surface area contributed by atoms with Crippen molar-refractivity contribution in [3.05, 3.63) is 54.1 Å². The average Bonchev–Trinajstić information content (AvgIpc) is 3.63. The van der Waals surface area contributed by atoms with Gasteiger partial charge in [0.15, 0.2) is 11.5 Å². The lowest BCUT2D eigenvalue weighted by molar-refractivity contribution is -0.121. The summed E-state index contributed by atoms with van der Waals surface area (Å²) in [6.07, 6.45) is -0.482. The number of amides is 1. The largest absolute Gasteiger partial charge is 0.454 e. The number of ether oxygens (including phenoxy) is 3. The lowest BCUT2D eigenvalue weighted by Crippen LogP contribution is -2.52. The Morgan fingerprint density at radius 3 is 2.48 bits per heavy atom. The second-order valence-corrected chi connectivity index (χ2v) is 14.8. The number of benzene rings is 2. The van der Waals surface area contributed by atoms with Gasteiger partial charge in [-0.1, -0.05) is 44.2 Å². The molecule has 3 atom stereocenters. The molecule has 2 heterocycles. The van der Waals surface area contributed by atoms with Crippen LogP contribution in [0.25, 0.3) is 0 Å². The lowest BCUT2D eigenvalue weighted by Gasteiger charge is -2.31. The van der Waals surface area contributed by atoms with Gasteiger partial charge in [0, 0.05) is 25.8 Å². The third-order valence-electron chi connectivity index (χ3n) is 6.98.